The maximum Gasteiger partial charge on any atom is 0.259 e. The third-order valence-electron chi connectivity index (χ3n) is 3.59. The van der Waals surface area contributed by atoms with Crippen molar-refractivity contribution in [2.45, 2.75) is 19.9 Å². The number of anilines is 1. The lowest BCUT2D eigenvalue weighted by Crippen LogP contribution is -2.37. The molecule has 0 aromatic carbocycles. The van der Waals surface area contributed by atoms with Crippen molar-refractivity contribution in [3.8, 4) is 0 Å². The van der Waals surface area contributed by atoms with Gasteiger partial charge >= 0.3 is 0 Å². The van der Waals surface area contributed by atoms with Gasteiger partial charge in [-0.05, 0) is 19.4 Å². The van der Waals surface area contributed by atoms with E-state index < -0.39 is 0 Å². The molecule has 2 aromatic rings. The molecular weight excluding hydrogens is 348 g/mol. The number of fused-ring (bicyclic) bond motifs is 1. The second-order valence-corrected chi connectivity index (χ2v) is 6.75. The van der Waals surface area contributed by atoms with Crippen molar-refractivity contribution in [3.63, 3.8) is 0 Å². The van der Waals surface area contributed by atoms with Crippen LogP contribution in [0.2, 0.25) is 0 Å². The van der Waals surface area contributed by atoms with E-state index in [-0.39, 0.29) is 24.4 Å². The number of rotatable bonds is 4. The number of nitrogens with one attached hydrogen (secondary N) is 2. The number of hydrogen-bond acceptors (Lipinski definition) is 6. The van der Waals surface area contributed by atoms with E-state index in [1.807, 2.05) is 31.1 Å². The van der Waals surface area contributed by atoms with Gasteiger partial charge in [-0.25, -0.2) is 9.97 Å². The summed E-state index contributed by atoms with van der Waals surface area (Å²) >= 11 is 1.55. The quantitative estimate of drug-likeness (QED) is 0.757. The summed E-state index contributed by atoms with van der Waals surface area (Å²) < 4.78 is 0. The van der Waals surface area contributed by atoms with Crippen LogP contribution >= 0.6 is 24.2 Å². The summed E-state index contributed by atoms with van der Waals surface area (Å²) in [7, 11) is 0. The van der Waals surface area contributed by atoms with Gasteiger partial charge in [-0.1, -0.05) is 0 Å². The molecule has 3 heterocycles. The van der Waals surface area contributed by atoms with Crippen LogP contribution < -0.4 is 16.0 Å². The van der Waals surface area contributed by atoms with Gasteiger partial charge in [-0.3, -0.25) is 4.79 Å². The first-order valence-corrected chi connectivity index (χ1v) is 8.48. The maximum atomic E-state index is 12.2. The number of carbonyl (C=O) groups excluding carboxylic acids is 1. The van der Waals surface area contributed by atoms with E-state index in [1.54, 1.807) is 18.1 Å². The van der Waals surface area contributed by atoms with Crippen molar-refractivity contribution in [1.29, 1.82) is 0 Å². The van der Waals surface area contributed by atoms with Gasteiger partial charge in [0.1, 0.15) is 17.8 Å². The Morgan fingerprint density at radius 1 is 1.54 bits per heavy atom. The second-order valence-electron chi connectivity index (χ2n) is 5.62. The van der Waals surface area contributed by atoms with Crippen LogP contribution in [0.25, 0.3) is 11.0 Å². The fourth-order valence-corrected chi connectivity index (χ4v) is 3.36. The normalized spacial score (nSPS) is 15.6. The molecule has 0 saturated heterocycles. The first-order chi connectivity index (χ1) is 11.1. The fraction of sp³-hybridized carbons (Fsp3) is 0.400. The first-order valence-electron chi connectivity index (χ1n) is 7.50. The lowest BCUT2D eigenvalue weighted by atomic mass is 10.2. The van der Waals surface area contributed by atoms with E-state index in [1.165, 1.54) is 0 Å². The Kier molecular flexibility index (Phi) is 6.09. The fourth-order valence-electron chi connectivity index (χ4n) is 2.44. The van der Waals surface area contributed by atoms with Crippen molar-refractivity contribution in [3.05, 3.63) is 29.2 Å². The molecule has 24 heavy (non-hydrogen) atoms. The number of aromatic amines is 1. The molecule has 1 amide bonds. The van der Waals surface area contributed by atoms with Gasteiger partial charge in [-0.2, -0.15) is 0 Å². The molecule has 0 unspecified atom stereocenters. The minimum absolute atomic E-state index is 0. The van der Waals surface area contributed by atoms with Crippen molar-refractivity contribution in [1.82, 2.24) is 20.3 Å². The van der Waals surface area contributed by atoms with Crippen LogP contribution in [-0.4, -0.2) is 45.7 Å². The monoisotopic (exact) mass is 368 g/mol. The zero-order valence-corrected chi connectivity index (χ0v) is 15.2. The molecule has 7 nitrogen and oxygen atoms in total. The number of H-pyrrole nitrogens is 1. The molecule has 1 atom stereocenters. The predicted octanol–water partition coefficient (Wildman–Crippen LogP) is 1.55. The van der Waals surface area contributed by atoms with E-state index >= 15 is 0 Å². The van der Waals surface area contributed by atoms with Crippen LogP contribution in [0.3, 0.4) is 0 Å². The zero-order valence-electron chi connectivity index (χ0n) is 13.6. The minimum Gasteiger partial charge on any atom is -0.350 e. The summed E-state index contributed by atoms with van der Waals surface area (Å²) in [6, 6.07) is -0.0618. The number of hydrogen-bond donors (Lipinski definition) is 3. The highest BCUT2D eigenvalue weighted by atomic mass is 35.5. The number of nitrogens with two attached hydrogens (primary N) is 1. The van der Waals surface area contributed by atoms with Gasteiger partial charge in [-0.15, -0.1) is 24.2 Å². The molecule has 4 N–H and O–H groups in total. The smallest absolute Gasteiger partial charge is 0.259 e. The number of nitrogens with zero attached hydrogens (tertiary/aromatic N) is 3. The third-order valence-corrected chi connectivity index (χ3v) is 4.58. The van der Waals surface area contributed by atoms with E-state index in [2.05, 4.69) is 20.3 Å². The zero-order chi connectivity index (χ0) is 16.4. The molecule has 1 aliphatic rings. The summed E-state index contributed by atoms with van der Waals surface area (Å²) in [5.74, 6) is 1.56. The number of carbonyl (C=O) groups is 1. The largest absolute Gasteiger partial charge is 0.350 e. The van der Waals surface area contributed by atoms with Gasteiger partial charge in [0.2, 0.25) is 0 Å². The highest BCUT2D eigenvalue weighted by molar-refractivity contribution is 8.04. The Balaban J connectivity index is 0.00000208. The molecule has 0 saturated carbocycles. The first kappa shape index (κ1) is 18.6. The van der Waals surface area contributed by atoms with Gasteiger partial charge in [0.15, 0.2) is 0 Å². The molecular formula is C15H21ClN6OS. The van der Waals surface area contributed by atoms with Crippen molar-refractivity contribution in [2.24, 2.45) is 5.73 Å². The summed E-state index contributed by atoms with van der Waals surface area (Å²) in [5, 5.41) is 3.84. The average Bonchev–Trinajstić information content (AvgIpc) is 2.94. The number of thioether (sulfide) groups is 1. The summed E-state index contributed by atoms with van der Waals surface area (Å²) in [6.07, 6.45) is 5.32. The van der Waals surface area contributed by atoms with E-state index in [0.717, 1.165) is 34.7 Å². The second kappa shape index (κ2) is 7.87. The molecule has 3 rings (SSSR count). The number of aryl methyl sites for hydroxylation is 1. The van der Waals surface area contributed by atoms with Crippen LogP contribution in [0.4, 0.5) is 5.82 Å². The highest BCUT2D eigenvalue weighted by Gasteiger charge is 2.21. The number of amides is 1. The Morgan fingerprint density at radius 2 is 2.33 bits per heavy atom. The lowest BCUT2D eigenvalue weighted by molar-refractivity contribution is -0.116. The summed E-state index contributed by atoms with van der Waals surface area (Å²) in [4.78, 5) is 26.7. The Morgan fingerprint density at radius 3 is 3.08 bits per heavy atom. The molecule has 9 heteroatoms. The van der Waals surface area contributed by atoms with Gasteiger partial charge in [0, 0.05) is 37.3 Å². The summed E-state index contributed by atoms with van der Waals surface area (Å²) in [6.45, 7) is 5.14. The van der Waals surface area contributed by atoms with Crippen LogP contribution in [0.15, 0.2) is 23.6 Å². The maximum absolute atomic E-state index is 12.2. The van der Waals surface area contributed by atoms with Gasteiger partial charge in [0.05, 0.1) is 10.3 Å². The standard InChI is InChI=1S/C15H20N6OS.ClH/c1-9-5-17-13-12(9)14(20-8-19-13)21-3-4-23-11(7-21)15(22)18-6-10(2)16;/h5,7-8,10H,3-4,6,16H2,1-2H3,(H,18,22)(H,17,19,20);1H/t10-;/m0./s1. The van der Waals surface area contributed by atoms with Gasteiger partial charge < -0.3 is 20.9 Å². The van der Waals surface area contributed by atoms with E-state index in [0.29, 0.717) is 11.4 Å². The van der Waals surface area contributed by atoms with Gasteiger partial charge in [0.25, 0.3) is 5.91 Å². The van der Waals surface area contributed by atoms with Crippen molar-refractivity contribution in [2.75, 3.05) is 23.7 Å². The third kappa shape index (κ3) is 3.82. The Bertz CT molecular complexity index is 760. The topological polar surface area (TPSA) is 99.9 Å². The van der Waals surface area contributed by atoms with Crippen LogP contribution in [0.5, 0.6) is 0 Å². The Labute approximate surface area is 150 Å². The van der Waals surface area contributed by atoms with Crippen molar-refractivity contribution < 1.29 is 4.79 Å². The average molecular weight is 369 g/mol. The highest BCUT2D eigenvalue weighted by Crippen LogP contribution is 2.30. The Hall–Kier alpha value is -1.77. The minimum atomic E-state index is -0.0897. The van der Waals surface area contributed by atoms with Crippen LogP contribution in [0, 0.1) is 6.92 Å². The molecule has 0 aliphatic carbocycles. The SMILES string of the molecule is Cc1c[nH]c2ncnc(N3C=C(C(=O)NC[C@H](C)N)SCC3)c12.Cl. The summed E-state index contributed by atoms with van der Waals surface area (Å²) in [5.41, 5.74) is 7.58. The molecule has 0 fully saturated rings. The van der Waals surface area contributed by atoms with Crippen LogP contribution in [-0.2, 0) is 4.79 Å². The van der Waals surface area contributed by atoms with E-state index in [4.69, 9.17) is 5.73 Å². The van der Waals surface area contributed by atoms with Crippen molar-refractivity contribution >= 4 is 46.9 Å². The number of halogens is 1. The molecule has 0 bridgehead atoms. The molecule has 1 aliphatic heterocycles. The molecule has 0 radical (unpaired) electrons. The predicted molar refractivity (Wildman–Crippen MR) is 100 cm³/mol. The van der Waals surface area contributed by atoms with Crippen LogP contribution in [0.1, 0.15) is 12.5 Å². The molecule has 130 valence electrons. The number of aromatic nitrogens is 3. The van der Waals surface area contributed by atoms with E-state index in [9.17, 15) is 4.79 Å². The lowest BCUT2D eigenvalue weighted by Gasteiger charge is -2.25. The molecule has 2 aromatic heterocycles. The molecule has 0 spiro atoms.